The van der Waals surface area contributed by atoms with Crippen molar-refractivity contribution in [3.8, 4) is 28.4 Å². The second kappa shape index (κ2) is 19.8. The highest BCUT2D eigenvalue weighted by Gasteiger charge is 2.26. The fourth-order valence-electron chi connectivity index (χ4n) is 6.53. The Bertz CT molecular complexity index is 1990. The van der Waals surface area contributed by atoms with Crippen LogP contribution in [-0.4, -0.2) is 105 Å². The molecule has 1 aliphatic rings. The minimum Gasteiger partial charge on any atom is -0.464 e. The van der Waals surface area contributed by atoms with E-state index in [2.05, 4.69) is 71.2 Å². The minimum absolute atomic E-state index is 0.00526. The van der Waals surface area contributed by atoms with Crippen LogP contribution in [0, 0.1) is 5.82 Å². The van der Waals surface area contributed by atoms with Gasteiger partial charge >= 0.3 is 6.03 Å². The number of carbonyl (C=O) groups is 1. The van der Waals surface area contributed by atoms with Crippen molar-refractivity contribution in [1.82, 2.24) is 29.5 Å². The van der Waals surface area contributed by atoms with Crippen LogP contribution < -0.4 is 10.1 Å². The highest BCUT2D eigenvalue weighted by Crippen LogP contribution is 2.35. The van der Waals surface area contributed by atoms with Crippen molar-refractivity contribution in [3.63, 3.8) is 0 Å². The van der Waals surface area contributed by atoms with Gasteiger partial charge in [0.25, 0.3) is 0 Å². The summed E-state index contributed by atoms with van der Waals surface area (Å²) in [6.45, 7) is 26.3. The quantitative estimate of drug-likeness (QED) is 0.0484. The van der Waals surface area contributed by atoms with Crippen LogP contribution in [0.1, 0.15) is 24.6 Å². The molecule has 1 aliphatic heterocycles. The summed E-state index contributed by atoms with van der Waals surface area (Å²) < 4.78 is 43.4. The van der Waals surface area contributed by atoms with E-state index in [-0.39, 0.29) is 38.6 Å². The Labute approximate surface area is 347 Å². The molecule has 2 aromatic carbocycles. The summed E-state index contributed by atoms with van der Waals surface area (Å²) in [6.07, 6.45) is 2.66. The summed E-state index contributed by atoms with van der Waals surface area (Å²) in [7, 11) is -3.89. The maximum absolute atomic E-state index is 15.7. The number of nitrogens with one attached hydrogen (secondary N) is 1. The highest BCUT2D eigenvalue weighted by atomic mass is 28.3. The molecule has 0 saturated carbocycles. The number of rotatable bonds is 21. The van der Waals surface area contributed by atoms with Gasteiger partial charge in [0.2, 0.25) is 0 Å². The van der Waals surface area contributed by atoms with Gasteiger partial charge in [-0.1, -0.05) is 71.9 Å². The number of urea groups is 1. The summed E-state index contributed by atoms with van der Waals surface area (Å²) in [4.78, 5) is 19.6. The van der Waals surface area contributed by atoms with Gasteiger partial charge in [-0.25, -0.2) is 18.9 Å². The van der Waals surface area contributed by atoms with Gasteiger partial charge < -0.3 is 38.8 Å². The van der Waals surface area contributed by atoms with E-state index in [0.29, 0.717) is 63.0 Å². The van der Waals surface area contributed by atoms with Gasteiger partial charge in [-0.15, -0.1) is 0 Å². The molecule has 12 nitrogen and oxygen atoms in total. The molecule has 16 heteroatoms. The molecule has 0 radical (unpaired) electrons. The SMILES string of the molecule is CCc1cc(OCOCC[Si](C)(C)C)c(F)cc1-c1ccc2c(-c3nc(CNC(=O)N4CC[C@H](O)C4)cn3COCC[Si](C)(C)C)nn(COCC[Si](C)(C)C)c2c1. The van der Waals surface area contributed by atoms with Gasteiger partial charge in [-0.3, -0.25) is 0 Å². The molecule has 0 unspecified atom stereocenters. The zero-order valence-corrected chi connectivity index (χ0v) is 39.5. The van der Waals surface area contributed by atoms with Crippen LogP contribution in [0.15, 0.2) is 36.5 Å². The maximum atomic E-state index is 15.7. The predicted octanol–water partition coefficient (Wildman–Crippen LogP) is 8.86. The lowest BCUT2D eigenvalue weighted by Gasteiger charge is -2.16. The number of hydrogen-bond acceptors (Lipinski definition) is 8. The molecule has 1 saturated heterocycles. The Balaban J connectivity index is 1.48. The number of imidazole rings is 1. The lowest BCUT2D eigenvalue weighted by Crippen LogP contribution is -2.38. The number of likely N-dealkylation sites (tertiary alicyclic amines) is 1. The average Bonchev–Trinajstić information content (AvgIpc) is 3.86. The van der Waals surface area contributed by atoms with Crippen LogP contribution >= 0.6 is 0 Å². The maximum Gasteiger partial charge on any atom is 0.317 e. The molecule has 320 valence electrons. The molecule has 1 fully saturated rings. The molecule has 2 aromatic heterocycles. The number of benzene rings is 2. The second-order valence-electron chi connectivity index (χ2n) is 19.1. The topological polar surface area (TPSA) is 125 Å². The Morgan fingerprint density at radius 2 is 1.57 bits per heavy atom. The summed E-state index contributed by atoms with van der Waals surface area (Å²) in [6, 6.07) is 12.2. The zero-order valence-electron chi connectivity index (χ0n) is 36.5. The molecule has 2 amide bonds. The first kappa shape index (κ1) is 45.7. The van der Waals surface area contributed by atoms with Crippen LogP contribution in [0.4, 0.5) is 9.18 Å². The van der Waals surface area contributed by atoms with E-state index in [1.54, 1.807) is 17.0 Å². The largest absolute Gasteiger partial charge is 0.464 e. The lowest BCUT2D eigenvalue weighted by molar-refractivity contribution is 0.0197. The third-order valence-electron chi connectivity index (χ3n) is 10.2. The Morgan fingerprint density at radius 3 is 2.19 bits per heavy atom. The number of aliphatic hydroxyl groups excluding tert-OH is 1. The Kier molecular flexibility index (Phi) is 15.6. The minimum atomic E-state index is -1.33. The highest BCUT2D eigenvalue weighted by molar-refractivity contribution is 6.76. The predicted molar refractivity (Wildman–Crippen MR) is 238 cm³/mol. The van der Waals surface area contributed by atoms with E-state index >= 15 is 4.39 Å². The number of β-amino-alcohol motifs (C(OH)–C–C–N with tert-alkyl or cyclic N) is 1. The lowest BCUT2D eigenvalue weighted by atomic mass is 9.96. The first-order chi connectivity index (χ1) is 27.3. The van der Waals surface area contributed by atoms with E-state index in [9.17, 15) is 9.90 Å². The number of ether oxygens (including phenoxy) is 4. The Morgan fingerprint density at radius 1 is 0.914 bits per heavy atom. The third kappa shape index (κ3) is 13.3. The van der Waals surface area contributed by atoms with Crippen molar-refractivity contribution < 1.29 is 33.2 Å². The Hall–Kier alpha value is -3.39. The molecule has 5 rings (SSSR count). The zero-order chi connectivity index (χ0) is 42.3. The number of aromatic nitrogens is 4. The van der Waals surface area contributed by atoms with Gasteiger partial charge in [0, 0.05) is 68.7 Å². The van der Waals surface area contributed by atoms with Crippen LogP contribution in [0.3, 0.4) is 0 Å². The number of carbonyl (C=O) groups excluding carboxylic acids is 1. The number of nitrogens with zero attached hydrogens (tertiary/aromatic N) is 5. The van der Waals surface area contributed by atoms with Crippen molar-refractivity contribution in [3.05, 3.63) is 53.6 Å². The van der Waals surface area contributed by atoms with Crippen LogP contribution in [0.25, 0.3) is 33.5 Å². The second-order valence-corrected chi connectivity index (χ2v) is 36.0. The van der Waals surface area contributed by atoms with E-state index in [1.165, 1.54) is 0 Å². The fourth-order valence-corrected chi connectivity index (χ4v) is 8.80. The summed E-state index contributed by atoms with van der Waals surface area (Å²) in [5.74, 6) is 0.352. The van der Waals surface area contributed by atoms with Crippen LogP contribution in [0.5, 0.6) is 5.75 Å². The molecule has 58 heavy (non-hydrogen) atoms. The number of aryl methyl sites for hydroxylation is 1. The van der Waals surface area contributed by atoms with E-state index in [4.69, 9.17) is 29.0 Å². The van der Waals surface area contributed by atoms with E-state index in [1.807, 2.05) is 33.6 Å². The number of hydrogen-bond donors (Lipinski definition) is 2. The summed E-state index contributed by atoms with van der Waals surface area (Å²) >= 11 is 0. The number of amides is 2. The van der Waals surface area contributed by atoms with E-state index in [0.717, 1.165) is 45.7 Å². The molecule has 2 N–H and O–H groups in total. The first-order valence-electron chi connectivity index (χ1n) is 20.8. The summed E-state index contributed by atoms with van der Waals surface area (Å²) in [5.41, 5.74) is 4.74. The van der Waals surface area contributed by atoms with Gasteiger partial charge in [0.15, 0.2) is 24.2 Å². The molecule has 0 bridgehead atoms. The van der Waals surface area contributed by atoms with Gasteiger partial charge in [0.1, 0.15) is 19.2 Å². The van der Waals surface area contributed by atoms with Crippen molar-refractivity contribution in [2.75, 3.05) is 39.7 Å². The number of halogens is 1. The molecule has 0 spiro atoms. The van der Waals surface area contributed by atoms with Gasteiger partial charge in [0.05, 0.1) is 23.9 Å². The number of fused-ring (bicyclic) bond motifs is 1. The summed E-state index contributed by atoms with van der Waals surface area (Å²) in [5, 5.41) is 18.9. The smallest absolute Gasteiger partial charge is 0.317 e. The van der Waals surface area contributed by atoms with Gasteiger partial charge in [-0.2, -0.15) is 5.10 Å². The van der Waals surface area contributed by atoms with Crippen LogP contribution in [0.2, 0.25) is 77.1 Å². The molecular formula is C42H67FN6O6Si3. The van der Waals surface area contributed by atoms with Crippen molar-refractivity contribution in [2.45, 2.75) is 123 Å². The normalized spacial score (nSPS) is 15.2. The molecular weight excluding hydrogens is 788 g/mol. The molecule has 1 atom stereocenters. The first-order valence-corrected chi connectivity index (χ1v) is 31.9. The van der Waals surface area contributed by atoms with Crippen LogP contribution in [-0.2, 0) is 40.6 Å². The molecule has 3 heterocycles. The standard InChI is InChI=1S/C42H67FN6O6Si3/c1-11-31-23-39(55-30-54-18-21-58(8,9)10)37(43)24-36(31)32-12-13-35-38(22-32)49(29-53-17-20-57(5,6)7)46-40(35)41-45-33(25-44-42(51)47-15-14-34(50)27-47)26-48(41)28-52-16-19-56(2,3)4/h12-13,22-24,26,34,50H,11,14-21,25,27-30H2,1-10H3,(H,44,51)/t34-/m0/s1. The van der Waals surface area contributed by atoms with E-state index < -0.39 is 36.1 Å². The van der Waals surface area contributed by atoms with Crippen molar-refractivity contribution >= 4 is 41.2 Å². The van der Waals surface area contributed by atoms with Gasteiger partial charge in [-0.05, 0) is 71.9 Å². The molecule has 4 aromatic rings. The average molecular weight is 855 g/mol. The fraction of sp³-hybridized carbons (Fsp3) is 0.595. The van der Waals surface area contributed by atoms with Crippen molar-refractivity contribution in [2.24, 2.45) is 0 Å². The molecule has 0 aliphatic carbocycles. The van der Waals surface area contributed by atoms with Crippen molar-refractivity contribution in [1.29, 1.82) is 0 Å². The third-order valence-corrected chi connectivity index (χ3v) is 15.4. The number of aliphatic hydroxyl groups is 1. The monoisotopic (exact) mass is 854 g/mol.